The minimum Gasteiger partial charge on any atom is -0.456 e. The van der Waals surface area contributed by atoms with Crippen molar-refractivity contribution in [1.29, 1.82) is 0 Å². The van der Waals surface area contributed by atoms with Crippen LogP contribution in [0.2, 0.25) is 0 Å². The highest BCUT2D eigenvalue weighted by Crippen LogP contribution is 2.52. The van der Waals surface area contributed by atoms with Gasteiger partial charge in [-0.1, -0.05) is 129 Å². The summed E-state index contributed by atoms with van der Waals surface area (Å²) >= 11 is 0. The normalized spacial score (nSPS) is 13.2. The third-order valence-electron chi connectivity index (χ3n) is 11.0. The van der Waals surface area contributed by atoms with Gasteiger partial charge >= 0.3 is 0 Å². The summed E-state index contributed by atoms with van der Waals surface area (Å²) < 4.78 is 8.86. The van der Waals surface area contributed by atoms with Gasteiger partial charge in [0.15, 0.2) is 17.5 Å². The van der Waals surface area contributed by atoms with Gasteiger partial charge in [-0.15, -0.1) is 0 Å². The number of aromatic nitrogens is 4. The van der Waals surface area contributed by atoms with Crippen molar-refractivity contribution in [3.05, 3.63) is 169 Å². The first-order valence-corrected chi connectivity index (χ1v) is 18.0. The molecule has 53 heavy (non-hydrogen) atoms. The van der Waals surface area contributed by atoms with Gasteiger partial charge in [-0.25, -0.2) is 15.0 Å². The molecule has 3 aromatic heterocycles. The van der Waals surface area contributed by atoms with Crippen molar-refractivity contribution < 1.29 is 4.42 Å². The van der Waals surface area contributed by atoms with E-state index in [0.717, 1.165) is 55.3 Å². The summed E-state index contributed by atoms with van der Waals surface area (Å²) in [5.41, 5.74) is 13.0. The highest BCUT2D eigenvalue weighted by molar-refractivity contribution is 6.28. The highest BCUT2D eigenvalue weighted by Gasteiger charge is 2.36. The Kier molecular flexibility index (Phi) is 6.23. The Balaban J connectivity index is 1.20. The van der Waals surface area contributed by atoms with E-state index in [1.165, 1.54) is 33.0 Å². The molecule has 0 radical (unpaired) electrons. The molecule has 0 amide bonds. The molecule has 1 aliphatic carbocycles. The third-order valence-corrected chi connectivity index (χ3v) is 11.0. The predicted octanol–water partition coefficient (Wildman–Crippen LogP) is 12.2. The first-order valence-electron chi connectivity index (χ1n) is 18.0. The molecule has 0 fully saturated rings. The number of hydrogen-bond donors (Lipinski definition) is 0. The molecule has 10 aromatic rings. The Bertz CT molecular complexity index is 3020. The van der Waals surface area contributed by atoms with Gasteiger partial charge < -0.3 is 8.98 Å². The lowest BCUT2D eigenvalue weighted by molar-refractivity contribution is 0.661. The van der Waals surface area contributed by atoms with Crippen LogP contribution in [0.25, 0.3) is 94.7 Å². The molecule has 5 heteroatoms. The summed E-state index contributed by atoms with van der Waals surface area (Å²) in [6, 6.07) is 55.2. The van der Waals surface area contributed by atoms with Crippen LogP contribution in [0.1, 0.15) is 25.0 Å². The number of nitrogens with zero attached hydrogens (tertiary/aromatic N) is 4. The predicted molar refractivity (Wildman–Crippen MR) is 215 cm³/mol. The molecule has 0 saturated carbocycles. The van der Waals surface area contributed by atoms with E-state index >= 15 is 0 Å². The Labute approximate surface area is 305 Å². The van der Waals surface area contributed by atoms with Crippen LogP contribution >= 0.6 is 0 Å². The number of para-hydroxylation sites is 1. The van der Waals surface area contributed by atoms with E-state index in [1.54, 1.807) is 0 Å². The minimum absolute atomic E-state index is 0.145. The molecule has 250 valence electrons. The first-order chi connectivity index (χ1) is 26.0. The molecule has 0 saturated heterocycles. The maximum absolute atomic E-state index is 6.45. The van der Waals surface area contributed by atoms with Crippen LogP contribution < -0.4 is 0 Å². The summed E-state index contributed by atoms with van der Waals surface area (Å²) in [6.07, 6.45) is 0. The molecule has 0 unspecified atom stereocenters. The molecule has 0 atom stereocenters. The molecule has 0 bridgehead atoms. The van der Waals surface area contributed by atoms with Gasteiger partial charge in [0.05, 0.1) is 11.0 Å². The van der Waals surface area contributed by atoms with Crippen LogP contribution in [-0.2, 0) is 5.41 Å². The molecule has 7 aromatic carbocycles. The van der Waals surface area contributed by atoms with Gasteiger partial charge in [-0.2, -0.15) is 0 Å². The summed E-state index contributed by atoms with van der Waals surface area (Å²) in [5, 5.41) is 4.65. The number of hydrogen-bond acceptors (Lipinski definition) is 4. The second-order valence-electron chi connectivity index (χ2n) is 14.4. The van der Waals surface area contributed by atoms with Crippen LogP contribution in [0.5, 0.6) is 0 Å². The Morgan fingerprint density at radius 3 is 1.85 bits per heavy atom. The van der Waals surface area contributed by atoms with Crippen molar-refractivity contribution in [3.63, 3.8) is 0 Å². The summed E-state index contributed by atoms with van der Waals surface area (Å²) in [4.78, 5) is 15.0. The van der Waals surface area contributed by atoms with Crippen LogP contribution in [0.3, 0.4) is 0 Å². The summed E-state index contributed by atoms with van der Waals surface area (Å²) in [6.45, 7) is 4.68. The quantitative estimate of drug-likeness (QED) is 0.186. The van der Waals surface area contributed by atoms with Crippen LogP contribution in [0.15, 0.2) is 162 Å². The van der Waals surface area contributed by atoms with Gasteiger partial charge in [-0.05, 0) is 64.7 Å². The zero-order chi connectivity index (χ0) is 35.3. The van der Waals surface area contributed by atoms with Crippen LogP contribution in [-0.4, -0.2) is 19.5 Å². The van der Waals surface area contributed by atoms with Gasteiger partial charge in [-0.3, -0.25) is 0 Å². The Hall–Kier alpha value is -6.85. The molecule has 0 aliphatic heterocycles. The van der Waals surface area contributed by atoms with Gasteiger partial charge in [0.2, 0.25) is 0 Å². The van der Waals surface area contributed by atoms with Crippen molar-refractivity contribution in [1.82, 2.24) is 19.5 Å². The van der Waals surface area contributed by atoms with E-state index in [9.17, 15) is 0 Å². The fourth-order valence-corrected chi connectivity index (χ4v) is 8.52. The monoisotopic (exact) mass is 680 g/mol. The minimum atomic E-state index is -0.145. The zero-order valence-electron chi connectivity index (χ0n) is 29.2. The highest BCUT2D eigenvalue weighted by atomic mass is 16.3. The van der Waals surface area contributed by atoms with Crippen molar-refractivity contribution in [2.24, 2.45) is 0 Å². The summed E-state index contributed by atoms with van der Waals surface area (Å²) in [5.74, 6) is 1.91. The smallest absolute Gasteiger partial charge is 0.164 e. The number of furan rings is 1. The lowest BCUT2D eigenvalue weighted by Crippen LogP contribution is -2.14. The SMILES string of the molecule is CC1(C)c2ccccc2-c2cc3c4c5c(ccc4n(-c4cccc(-c6nc(-c7ccccc7)nc(-c7ccccc7)n6)c4)c3cc21)oc1ccccc15. The second-order valence-corrected chi connectivity index (χ2v) is 14.4. The maximum atomic E-state index is 6.45. The maximum Gasteiger partial charge on any atom is 0.164 e. The number of rotatable bonds is 4. The van der Waals surface area contributed by atoms with Crippen LogP contribution in [0, 0.1) is 0 Å². The Morgan fingerprint density at radius 1 is 0.453 bits per heavy atom. The van der Waals surface area contributed by atoms with E-state index in [-0.39, 0.29) is 5.41 Å². The van der Waals surface area contributed by atoms with E-state index in [1.807, 2.05) is 66.7 Å². The van der Waals surface area contributed by atoms with Gasteiger partial charge in [0.25, 0.3) is 0 Å². The summed E-state index contributed by atoms with van der Waals surface area (Å²) in [7, 11) is 0. The molecular formula is C48H32N4O. The lowest BCUT2D eigenvalue weighted by atomic mass is 9.82. The number of fused-ring (bicyclic) bond motifs is 10. The molecule has 1 aliphatic rings. The van der Waals surface area contributed by atoms with Crippen molar-refractivity contribution in [2.45, 2.75) is 19.3 Å². The van der Waals surface area contributed by atoms with Crippen molar-refractivity contribution >= 4 is 43.7 Å². The fourth-order valence-electron chi connectivity index (χ4n) is 8.52. The molecule has 0 N–H and O–H groups in total. The van der Waals surface area contributed by atoms with Crippen LogP contribution in [0.4, 0.5) is 0 Å². The average molecular weight is 681 g/mol. The topological polar surface area (TPSA) is 56.7 Å². The number of benzene rings is 7. The van der Waals surface area contributed by atoms with Gasteiger partial charge in [0.1, 0.15) is 11.2 Å². The third kappa shape index (κ3) is 4.40. The largest absolute Gasteiger partial charge is 0.456 e. The second kappa shape index (κ2) is 11.1. The van der Waals surface area contributed by atoms with Crippen molar-refractivity contribution in [3.8, 4) is 51.0 Å². The van der Waals surface area contributed by atoms with E-state index in [2.05, 4.69) is 109 Å². The standard InChI is InChI=1S/C48H32N4O/c1-48(2)37-22-11-9-20-33(37)35-27-36-40(28-38(35)48)52(39-24-25-42-44(43(36)39)34-21-10-12-23-41(34)53-42)32-19-13-18-31(26-32)47-50-45(29-14-5-3-6-15-29)49-46(51-47)30-16-7-4-8-17-30/h3-28H,1-2H3. The fraction of sp³-hybridized carbons (Fsp3) is 0.0625. The average Bonchev–Trinajstić information content (AvgIpc) is 3.83. The van der Waals surface area contributed by atoms with Crippen molar-refractivity contribution in [2.75, 3.05) is 0 Å². The molecule has 0 spiro atoms. The molecule has 5 nitrogen and oxygen atoms in total. The molecule has 11 rings (SSSR count). The lowest BCUT2D eigenvalue weighted by Gasteiger charge is -2.21. The zero-order valence-corrected chi connectivity index (χ0v) is 29.2. The first kappa shape index (κ1) is 29.8. The van der Waals surface area contributed by atoms with E-state index in [0.29, 0.717) is 17.5 Å². The van der Waals surface area contributed by atoms with E-state index < -0.39 is 0 Å². The van der Waals surface area contributed by atoms with E-state index in [4.69, 9.17) is 19.4 Å². The van der Waals surface area contributed by atoms with Gasteiger partial charge in [0, 0.05) is 49.3 Å². The Morgan fingerprint density at radius 2 is 1.09 bits per heavy atom. The molecular weight excluding hydrogens is 649 g/mol. The molecule has 3 heterocycles.